The first-order valence-electron chi connectivity index (χ1n) is 6.68. The van der Waals surface area contributed by atoms with Crippen molar-refractivity contribution in [2.45, 2.75) is 13.2 Å². The van der Waals surface area contributed by atoms with Crippen molar-refractivity contribution in [1.29, 1.82) is 0 Å². The van der Waals surface area contributed by atoms with Crippen LogP contribution in [0.4, 0.5) is 0 Å². The Balaban J connectivity index is 1.64. The maximum Gasteiger partial charge on any atom is 0.232 e. The molecule has 0 unspecified atom stereocenters. The number of nitrogens with zero attached hydrogens (tertiary/aromatic N) is 1. The van der Waals surface area contributed by atoms with E-state index < -0.39 is 0 Å². The monoisotopic (exact) mass is 281 g/mol. The van der Waals surface area contributed by atoms with Crippen molar-refractivity contribution < 1.29 is 14.3 Å². The summed E-state index contributed by atoms with van der Waals surface area (Å²) in [5.74, 6) is 1.97. The van der Waals surface area contributed by atoms with E-state index in [1.165, 1.54) is 0 Å². The molecule has 21 heavy (non-hydrogen) atoms. The molecule has 0 spiro atoms. The van der Waals surface area contributed by atoms with Crippen molar-refractivity contribution in [2.75, 3.05) is 0 Å². The minimum atomic E-state index is 0.0282. The fourth-order valence-electron chi connectivity index (χ4n) is 1.95. The second kappa shape index (κ2) is 6.24. The van der Waals surface area contributed by atoms with E-state index >= 15 is 0 Å². The van der Waals surface area contributed by atoms with Gasteiger partial charge in [-0.3, -0.25) is 0 Å². The number of hydrogen-bond donors (Lipinski definition) is 1. The summed E-state index contributed by atoms with van der Waals surface area (Å²) in [6, 6.07) is 17.1. The summed E-state index contributed by atoms with van der Waals surface area (Å²) in [5.41, 5.74) is 1.84. The maximum absolute atomic E-state index is 8.98. The first-order valence-corrected chi connectivity index (χ1v) is 6.68. The lowest BCUT2D eigenvalue weighted by Gasteiger charge is -2.04. The number of ether oxygens (including phenoxy) is 1. The van der Waals surface area contributed by atoms with Crippen LogP contribution < -0.4 is 4.74 Å². The quantitative estimate of drug-likeness (QED) is 0.778. The van der Waals surface area contributed by atoms with Gasteiger partial charge in [0.1, 0.15) is 5.75 Å². The number of benzene rings is 2. The molecule has 0 radical (unpaired) electrons. The van der Waals surface area contributed by atoms with Crippen molar-refractivity contribution in [3.05, 3.63) is 72.2 Å². The molecule has 0 aliphatic rings. The Morgan fingerprint density at radius 1 is 1.00 bits per heavy atom. The number of aliphatic hydroxyl groups is 1. The van der Waals surface area contributed by atoms with Crippen LogP contribution in [0.25, 0.3) is 11.3 Å². The van der Waals surface area contributed by atoms with E-state index in [2.05, 4.69) is 4.98 Å². The molecule has 3 rings (SSSR count). The number of rotatable bonds is 5. The van der Waals surface area contributed by atoms with Gasteiger partial charge in [0.25, 0.3) is 0 Å². The van der Waals surface area contributed by atoms with E-state index in [4.69, 9.17) is 14.3 Å². The van der Waals surface area contributed by atoms with E-state index in [1.807, 2.05) is 54.6 Å². The van der Waals surface area contributed by atoms with Crippen LogP contribution in [-0.2, 0) is 13.2 Å². The van der Waals surface area contributed by atoms with Crippen LogP contribution in [0.5, 0.6) is 5.75 Å². The Kier molecular flexibility index (Phi) is 3.98. The summed E-state index contributed by atoms with van der Waals surface area (Å²) in [4.78, 5) is 4.21. The third kappa shape index (κ3) is 3.30. The second-order valence-electron chi connectivity index (χ2n) is 4.58. The molecule has 0 amide bonds. The van der Waals surface area contributed by atoms with Gasteiger partial charge in [0.15, 0.2) is 12.4 Å². The zero-order valence-electron chi connectivity index (χ0n) is 11.4. The number of oxazole rings is 1. The first kappa shape index (κ1) is 13.4. The summed E-state index contributed by atoms with van der Waals surface area (Å²) >= 11 is 0. The van der Waals surface area contributed by atoms with Gasteiger partial charge < -0.3 is 14.3 Å². The van der Waals surface area contributed by atoms with Crippen molar-refractivity contribution in [1.82, 2.24) is 4.98 Å². The Bertz CT molecular complexity index is 690. The Labute approximate surface area is 122 Å². The molecular weight excluding hydrogens is 266 g/mol. The van der Waals surface area contributed by atoms with E-state index in [-0.39, 0.29) is 13.2 Å². The van der Waals surface area contributed by atoms with Gasteiger partial charge in [0.2, 0.25) is 5.89 Å². The minimum Gasteiger partial charge on any atom is -0.484 e. The van der Waals surface area contributed by atoms with Crippen LogP contribution in [0.3, 0.4) is 0 Å². The van der Waals surface area contributed by atoms with Crippen LogP contribution in [0.1, 0.15) is 11.5 Å². The molecule has 0 bridgehead atoms. The lowest BCUT2D eigenvalue weighted by molar-refractivity contribution is 0.263. The van der Waals surface area contributed by atoms with E-state index in [0.29, 0.717) is 11.6 Å². The summed E-state index contributed by atoms with van der Waals surface area (Å²) in [5, 5.41) is 8.98. The van der Waals surface area contributed by atoms with Crippen molar-refractivity contribution in [2.24, 2.45) is 0 Å². The highest BCUT2D eigenvalue weighted by molar-refractivity contribution is 5.55. The highest BCUT2D eigenvalue weighted by Crippen LogP contribution is 2.21. The standard InChI is InChI=1S/C17H15NO3/c19-11-13-6-8-15(9-7-13)20-12-17-18-10-16(21-17)14-4-2-1-3-5-14/h1-10,19H,11-12H2. The van der Waals surface area contributed by atoms with Crippen LogP contribution in [-0.4, -0.2) is 10.1 Å². The van der Waals surface area contributed by atoms with Gasteiger partial charge in [0.05, 0.1) is 12.8 Å². The molecule has 0 aliphatic carbocycles. The molecule has 3 aromatic rings. The highest BCUT2D eigenvalue weighted by atomic mass is 16.5. The Morgan fingerprint density at radius 3 is 2.48 bits per heavy atom. The average Bonchev–Trinajstić information content (AvgIpc) is 3.03. The molecule has 0 atom stereocenters. The number of aromatic nitrogens is 1. The van der Waals surface area contributed by atoms with E-state index in [9.17, 15) is 0 Å². The first-order chi connectivity index (χ1) is 10.3. The highest BCUT2D eigenvalue weighted by Gasteiger charge is 2.06. The summed E-state index contributed by atoms with van der Waals surface area (Å²) in [6.45, 7) is 0.297. The number of hydrogen-bond acceptors (Lipinski definition) is 4. The average molecular weight is 281 g/mol. The molecule has 1 heterocycles. The van der Waals surface area contributed by atoms with E-state index in [1.54, 1.807) is 6.20 Å². The van der Waals surface area contributed by atoms with Gasteiger partial charge >= 0.3 is 0 Å². The van der Waals surface area contributed by atoms with Crippen LogP contribution >= 0.6 is 0 Å². The summed E-state index contributed by atoms with van der Waals surface area (Å²) in [7, 11) is 0. The van der Waals surface area contributed by atoms with Crippen LogP contribution in [0.15, 0.2) is 65.2 Å². The van der Waals surface area contributed by atoms with Gasteiger partial charge in [-0.1, -0.05) is 42.5 Å². The lowest BCUT2D eigenvalue weighted by atomic mass is 10.2. The van der Waals surface area contributed by atoms with Crippen LogP contribution in [0.2, 0.25) is 0 Å². The molecule has 1 aromatic heterocycles. The Morgan fingerprint density at radius 2 is 1.76 bits per heavy atom. The predicted octanol–water partition coefficient (Wildman–Crippen LogP) is 3.41. The number of aliphatic hydroxyl groups excluding tert-OH is 1. The lowest BCUT2D eigenvalue weighted by Crippen LogP contribution is -1.95. The van der Waals surface area contributed by atoms with Crippen molar-refractivity contribution >= 4 is 0 Å². The molecule has 0 saturated carbocycles. The molecular formula is C17H15NO3. The summed E-state index contributed by atoms with van der Waals surface area (Å²) in [6.07, 6.45) is 1.70. The van der Waals surface area contributed by atoms with Gasteiger partial charge in [-0.2, -0.15) is 0 Å². The van der Waals surface area contributed by atoms with E-state index in [0.717, 1.165) is 16.9 Å². The largest absolute Gasteiger partial charge is 0.484 e. The van der Waals surface area contributed by atoms with Crippen molar-refractivity contribution in [3.8, 4) is 17.1 Å². The van der Waals surface area contributed by atoms with Gasteiger partial charge in [-0.05, 0) is 17.7 Å². The van der Waals surface area contributed by atoms with Crippen molar-refractivity contribution in [3.63, 3.8) is 0 Å². The fourth-order valence-corrected chi connectivity index (χ4v) is 1.95. The summed E-state index contributed by atoms with van der Waals surface area (Å²) < 4.78 is 11.3. The fraction of sp³-hybridized carbons (Fsp3) is 0.118. The smallest absolute Gasteiger partial charge is 0.232 e. The zero-order valence-corrected chi connectivity index (χ0v) is 11.4. The molecule has 106 valence electrons. The molecule has 2 aromatic carbocycles. The van der Waals surface area contributed by atoms with Gasteiger partial charge in [-0.25, -0.2) is 4.98 Å². The third-order valence-electron chi connectivity index (χ3n) is 3.08. The predicted molar refractivity (Wildman–Crippen MR) is 78.6 cm³/mol. The molecule has 4 nitrogen and oxygen atoms in total. The molecule has 0 aliphatic heterocycles. The van der Waals surface area contributed by atoms with Crippen LogP contribution in [0, 0.1) is 0 Å². The normalized spacial score (nSPS) is 10.5. The topological polar surface area (TPSA) is 55.5 Å². The Hall–Kier alpha value is -2.59. The minimum absolute atomic E-state index is 0.0282. The maximum atomic E-state index is 8.98. The zero-order chi connectivity index (χ0) is 14.5. The molecule has 1 N–H and O–H groups in total. The SMILES string of the molecule is OCc1ccc(OCc2ncc(-c3ccccc3)o2)cc1. The second-order valence-corrected chi connectivity index (χ2v) is 4.58. The van der Waals surface area contributed by atoms with Gasteiger partial charge in [-0.15, -0.1) is 0 Å². The third-order valence-corrected chi connectivity index (χ3v) is 3.08. The molecule has 4 heteroatoms. The molecule has 0 saturated heterocycles. The molecule has 0 fully saturated rings. The van der Waals surface area contributed by atoms with Gasteiger partial charge in [0, 0.05) is 5.56 Å².